The first kappa shape index (κ1) is 29.1. The molecule has 9 heteroatoms. The van der Waals surface area contributed by atoms with Crippen molar-refractivity contribution >= 4 is 23.8 Å². The Bertz CT molecular complexity index is 906. The second-order valence-electron chi connectivity index (χ2n) is 10.5. The van der Waals surface area contributed by atoms with Gasteiger partial charge in [0, 0.05) is 19.0 Å². The summed E-state index contributed by atoms with van der Waals surface area (Å²) in [6.07, 6.45) is 3.35. The Morgan fingerprint density at radius 3 is 2.28 bits per heavy atom. The maximum atomic E-state index is 14.0. The van der Waals surface area contributed by atoms with Crippen molar-refractivity contribution in [3.63, 3.8) is 0 Å². The first-order valence-electron chi connectivity index (χ1n) is 12.9. The molecule has 0 saturated heterocycles. The van der Waals surface area contributed by atoms with Crippen LogP contribution in [-0.4, -0.2) is 52.9 Å². The molecule has 2 unspecified atom stereocenters. The SMILES string of the molecule is CCCCNC(=O)C(c1ccc(C)cc1)N(C(=O)C(CCC(N)=O)NC(=O)OC(C)(C)C)C1CCC1. The van der Waals surface area contributed by atoms with E-state index < -0.39 is 35.6 Å². The molecular formula is C27H42N4O5. The molecule has 1 fully saturated rings. The van der Waals surface area contributed by atoms with E-state index in [1.165, 1.54) is 0 Å². The van der Waals surface area contributed by atoms with Gasteiger partial charge in [0.15, 0.2) is 0 Å². The molecule has 200 valence electrons. The molecule has 4 amide bonds. The van der Waals surface area contributed by atoms with Crippen molar-refractivity contribution in [1.82, 2.24) is 15.5 Å². The third-order valence-corrected chi connectivity index (χ3v) is 6.14. The number of rotatable bonds is 12. The third-order valence-electron chi connectivity index (χ3n) is 6.14. The minimum atomic E-state index is -1.07. The van der Waals surface area contributed by atoms with Crippen molar-refractivity contribution in [1.29, 1.82) is 0 Å². The number of ether oxygens (including phenoxy) is 1. The molecule has 0 spiro atoms. The highest BCUT2D eigenvalue weighted by molar-refractivity contribution is 5.92. The Morgan fingerprint density at radius 2 is 1.78 bits per heavy atom. The van der Waals surface area contributed by atoms with E-state index in [1.807, 2.05) is 38.1 Å². The van der Waals surface area contributed by atoms with Crippen LogP contribution in [0, 0.1) is 6.92 Å². The van der Waals surface area contributed by atoms with E-state index in [4.69, 9.17) is 10.5 Å². The van der Waals surface area contributed by atoms with E-state index in [9.17, 15) is 19.2 Å². The number of nitrogens with two attached hydrogens (primary N) is 1. The van der Waals surface area contributed by atoms with Gasteiger partial charge in [0.1, 0.15) is 17.7 Å². The molecule has 9 nitrogen and oxygen atoms in total. The molecular weight excluding hydrogens is 460 g/mol. The van der Waals surface area contributed by atoms with E-state index in [-0.39, 0.29) is 24.8 Å². The van der Waals surface area contributed by atoms with Crippen molar-refractivity contribution in [3.8, 4) is 0 Å². The van der Waals surface area contributed by atoms with Gasteiger partial charge >= 0.3 is 6.09 Å². The molecule has 1 aliphatic rings. The standard InChI is InChI=1S/C27H42N4O5/c1-6-7-17-29-24(33)23(19-13-11-18(2)12-14-19)31(20-9-8-10-20)25(34)21(15-16-22(28)32)30-26(35)36-27(3,4)5/h11-14,20-21,23H,6-10,15-17H2,1-5H3,(H2,28,32)(H,29,33)(H,30,35). The van der Waals surface area contributed by atoms with Gasteiger partial charge in [0.05, 0.1) is 0 Å². The second-order valence-corrected chi connectivity index (χ2v) is 10.5. The van der Waals surface area contributed by atoms with Crippen LogP contribution >= 0.6 is 0 Å². The molecule has 1 saturated carbocycles. The molecule has 4 N–H and O–H groups in total. The lowest BCUT2D eigenvalue weighted by molar-refractivity contribution is -0.147. The van der Waals surface area contributed by atoms with Crippen LogP contribution < -0.4 is 16.4 Å². The molecule has 0 bridgehead atoms. The Balaban J connectivity index is 2.44. The summed E-state index contributed by atoms with van der Waals surface area (Å²) in [5.74, 6) is -1.28. The molecule has 0 radical (unpaired) electrons. The summed E-state index contributed by atoms with van der Waals surface area (Å²) in [6, 6.07) is 5.46. The molecule has 0 aliphatic heterocycles. The third kappa shape index (κ3) is 8.84. The van der Waals surface area contributed by atoms with Crippen LogP contribution in [0.4, 0.5) is 4.79 Å². The second kappa shape index (κ2) is 13.3. The fourth-order valence-electron chi connectivity index (χ4n) is 4.03. The monoisotopic (exact) mass is 502 g/mol. The normalized spacial score (nSPS) is 15.2. The van der Waals surface area contributed by atoms with E-state index >= 15 is 0 Å². The average Bonchev–Trinajstić information content (AvgIpc) is 2.74. The lowest BCUT2D eigenvalue weighted by Gasteiger charge is -2.43. The number of hydrogen-bond acceptors (Lipinski definition) is 5. The molecule has 36 heavy (non-hydrogen) atoms. The Kier molecular flexibility index (Phi) is 10.7. The maximum absolute atomic E-state index is 14.0. The van der Waals surface area contributed by atoms with Gasteiger partial charge in [-0.25, -0.2) is 4.79 Å². The van der Waals surface area contributed by atoms with Crippen molar-refractivity contribution in [2.24, 2.45) is 5.73 Å². The van der Waals surface area contributed by atoms with Gasteiger partial charge in [0.25, 0.3) is 0 Å². The zero-order chi connectivity index (χ0) is 26.9. The van der Waals surface area contributed by atoms with Crippen molar-refractivity contribution in [2.45, 2.75) is 103 Å². The van der Waals surface area contributed by atoms with E-state index in [0.29, 0.717) is 12.1 Å². The number of aryl methyl sites for hydroxylation is 1. The van der Waals surface area contributed by atoms with Crippen LogP contribution in [0.3, 0.4) is 0 Å². The van der Waals surface area contributed by atoms with Crippen molar-refractivity contribution < 1.29 is 23.9 Å². The van der Waals surface area contributed by atoms with Gasteiger partial charge in [-0.1, -0.05) is 43.2 Å². The average molecular weight is 503 g/mol. The smallest absolute Gasteiger partial charge is 0.408 e. The predicted molar refractivity (Wildman–Crippen MR) is 138 cm³/mol. The summed E-state index contributed by atoms with van der Waals surface area (Å²) in [5, 5.41) is 5.60. The van der Waals surface area contributed by atoms with Crippen LogP contribution in [-0.2, 0) is 19.1 Å². The van der Waals surface area contributed by atoms with Gasteiger partial charge in [-0.3, -0.25) is 14.4 Å². The summed E-state index contributed by atoms with van der Waals surface area (Å²) in [5.41, 5.74) is 6.32. The van der Waals surface area contributed by atoms with Gasteiger partial charge in [0.2, 0.25) is 17.7 Å². The van der Waals surface area contributed by atoms with Gasteiger partial charge in [-0.2, -0.15) is 0 Å². The molecule has 1 aromatic rings. The first-order chi connectivity index (χ1) is 16.9. The van der Waals surface area contributed by atoms with Gasteiger partial charge in [-0.15, -0.1) is 0 Å². The number of amides is 4. The van der Waals surface area contributed by atoms with Gasteiger partial charge < -0.3 is 26.0 Å². The van der Waals surface area contributed by atoms with E-state index in [0.717, 1.165) is 37.7 Å². The number of carbonyl (C=O) groups is 4. The molecule has 1 aromatic carbocycles. The number of benzene rings is 1. The Morgan fingerprint density at radius 1 is 1.14 bits per heavy atom. The van der Waals surface area contributed by atoms with Crippen LogP contribution in [0.2, 0.25) is 0 Å². The molecule has 0 heterocycles. The quantitative estimate of drug-likeness (QED) is 0.377. The number of nitrogens with one attached hydrogen (secondary N) is 2. The van der Waals surface area contributed by atoms with Crippen LogP contribution in [0.1, 0.15) is 89.8 Å². The number of nitrogens with zero attached hydrogens (tertiary/aromatic N) is 1. The predicted octanol–water partition coefficient (Wildman–Crippen LogP) is 3.49. The highest BCUT2D eigenvalue weighted by atomic mass is 16.6. The Labute approximate surface area is 214 Å². The number of hydrogen-bond donors (Lipinski definition) is 3. The summed E-state index contributed by atoms with van der Waals surface area (Å²) in [7, 11) is 0. The summed E-state index contributed by atoms with van der Waals surface area (Å²) < 4.78 is 5.36. The number of carbonyl (C=O) groups excluding carboxylic acids is 4. The van der Waals surface area contributed by atoms with E-state index in [1.54, 1.807) is 25.7 Å². The topological polar surface area (TPSA) is 131 Å². The highest BCUT2D eigenvalue weighted by Crippen LogP contribution is 2.34. The highest BCUT2D eigenvalue weighted by Gasteiger charge is 2.41. The molecule has 2 atom stereocenters. The summed E-state index contributed by atoms with van der Waals surface area (Å²) >= 11 is 0. The molecule has 1 aliphatic carbocycles. The first-order valence-corrected chi connectivity index (χ1v) is 12.9. The fourth-order valence-corrected chi connectivity index (χ4v) is 4.03. The lowest BCUT2D eigenvalue weighted by atomic mass is 9.87. The minimum Gasteiger partial charge on any atom is -0.444 e. The van der Waals surface area contributed by atoms with Crippen LogP contribution in [0.15, 0.2) is 24.3 Å². The Hall–Kier alpha value is -3.10. The van der Waals surface area contributed by atoms with E-state index in [2.05, 4.69) is 10.6 Å². The fraction of sp³-hybridized carbons (Fsp3) is 0.630. The zero-order valence-corrected chi connectivity index (χ0v) is 22.3. The van der Waals surface area contributed by atoms with Crippen molar-refractivity contribution in [2.75, 3.05) is 6.54 Å². The zero-order valence-electron chi connectivity index (χ0n) is 22.3. The van der Waals surface area contributed by atoms with Gasteiger partial charge in [-0.05, 0) is 65.4 Å². The van der Waals surface area contributed by atoms with Crippen molar-refractivity contribution in [3.05, 3.63) is 35.4 Å². The summed E-state index contributed by atoms with van der Waals surface area (Å²) in [4.78, 5) is 53.3. The molecule has 2 rings (SSSR count). The van der Waals surface area contributed by atoms with Crippen LogP contribution in [0.5, 0.6) is 0 Å². The lowest BCUT2D eigenvalue weighted by Crippen LogP contribution is -2.57. The largest absolute Gasteiger partial charge is 0.444 e. The number of alkyl carbamates (subject to hydrolysis) is 1. The number of unbranched alkanes of at least 4 members (excludes halogenated alkanes) is 1. The number of primary amides is 1. The minimum absolute atomic E-state index is 0.00863. The maximum Gasteiger partial charge on any atom is 0.408 e. The van der Waals surface area contributed by atoms with Crippen LogP contribution in [0.25, 0.3) is 0 Å². The summed E-state index contributed by atoms with van der Waals surface area (Å²) in [6.45, 7) is 9.68. The molecule has 0 aromatic heterocycles.